The smallest absolute Gasteiger partial charge is 0.128 e. The summed E-state index contributed by atoms with van der Waals surface area (Å²) < 4.78 is 5.45. The molecule has 2 aromatic rings. The fourth-order valence-electron chi connectivity index (χ4n) is 2.35. The minimum atomic E-state index is 0.134. The Hall–Kier alpha value is -2.01. The fraction of sp³-hybridized carbons (Fsp3) is 0.400. The van der Waals surface area contributed by atoms with E-state index < -0.39 is 0 Å². The van der Waals surface area contributed by atoms with Crippen LogP contribution in [0.25, 0.3) is 0 Å². The van der Waals surface area contributed by atoms with Crippen molar-refractivity contribution in [2.45, 2.75) is 26.3 Å². The molecule has 0 spiro atoms. The molecule has 0 aliphatic rings. The molecule has 2 rings (SSSR count). The summed E-state index contributed by atoms with van der Waals surface area (Å²) in [6.07, 6.45) is 7.82. The van der Waals surface area contributed by atoms with Gasteiger partial charge in [0, 0.05) is 53.4 Å². The average molecular weight is 272 g/mol. The molecule has 0 amide bonds. The van der Waals surface area contributed by atoms with Gasteiger partial charge in [0.2, 0.25) is 0 Å². The van der Waals surface area contributed by atoms with Crippen molar-refractivity contribution in [1.29, 1.82) is 0 Å². The van der Waals surface area contributed by atoms with Crippen LogP contribution in [0.2, 0.25) is 0 Å². The number of nitrogens with one attached hydrogen (secondary N) is 1. The van der Waals surface area contributed by atoms with E-state index in [0.29, 0.717) is 0 Å². The largest absolute Gasteiger partial charge is 0.496 e. The lowest BCUT2D eigenvalue weighted by Crippen LogP contribution is -2.20. The predicted octanol–water partition coefficient (Wildman–Crippen LogP) is 2.00. The maximum atomic E-state index is 5.45. The van der Waals surface area contributed by atoms with Gasteiger partial charge in [0.15, 0.2) is 0 Å². The Morgan fingerprint density at radius 3 is 2.50 bits per heavy atom. The van der Waals surface area contributed by atoms with Crippen LogP contribution in [0.15, 0.2) is 24.9 Å². The Morgan fingerprint density at radius 1 is 1.20 bits per heavy atom. The first-order valence-corrected chi connectivity index (χ1v) is 6.58. The van der Waals surface area contributed by atoms with Crippen molar-refractivity contribution in [2.75, 3.05) is 14.2 Å². The number of hydrogen-bond donors (Lipinski definition) is 1. The van der Waals surface area contributed by atoms with Gasteiger partial charge < -0.3 is 10.1 Å². The standard InChI is InChI=1S/C15H20N4O/c1-10-6-19-13(11(2)15(10)20-4)5-14(16-3)12-7-17-9-18-8-12/h6-9,14,16H,5H2,1-4H3. The highest BCUT2D eigenvalue weighted by molar-refractivity contribution is 5.41. The number of hydrogen-bond acceptors (Lipinski definition) is 5. The van der Waals surface area contributed by atoms with Gasteiger partial charge in [-0.2, -0.15) is 0 Å². The third-order valence-electron chi connectivity index (χ3n) is 3.48. The monoisotopic (exact) mass is 272 g/mol. The number of aromatic nitrogens is 3. The summed E-state index contributed by atoms with van der Waals surface area (Å²) in [6.45, 7) is 4.05. The topological polar surface area (TPSA) is 59.9 Å². The predicted molar refractivity (Wildman–Crippen MR) is 77.8 cm³/mol. The molecule has 0 aliphatic carbocycles. The second-order valence-electron chi connectivity index (χ2n) is 4.76. The first-order chi connectivity index (χ1) is 9.67. The van der Waals surface area contributed by atoms with Gasteiger partial charge in [0.05, 0.1) is 7.11 Å². The van der Waals surface area contributed by atoms with E-state index in [2.05, 4.69) is 20.3 Å². The molecule has 0 saturated carbocycles. The minimum Gasteiger partial charge on any atom is -0.496 e. The summed E-state index contributed by atoms with van der Waals surface area (Å²) in [5.41, 5.74) is 4.22. The van der Waals surface area contributed by atoms with Crippen molar-refractivity contribution < 1.29 is 4.74 Å². The molecule has 2 aromatic heterocycles. The van der Waals surface area contributed by atoms with Gasteiger partial charge >= 0.3 is 0 Å². The third kappa shape index (κ3) is 2.93. The highest BCUT2D eigenvalue weighted by atomic mass is 16.5. The van der Waals surface area contributed by atoms with E-state index in [1.807, 2.05) is 39.5 Å². The van der Waals surface area contributed by atoms with Crippen molar-refractivity contribution >= 4 is 0 Å². The molecule has 0 radical (unpaired) electrons. The van der Waals surface area contributed by atoms with Gasteiger partial charge in [-0.15, -0.1) is 0 Å². The van der Waals surface area contributed by atoms with Crippen molar-refractivity contribution in [3.63, 3.8) is 0 Å². The van der Waals surface area contributed by atoms with Gasteiger partial charge in [-0.1, -0.05) is 0 Å². The van der Waals surface area contributed by atoms with E-state index in [0.717, 1.165) is 34.6 Å². The maximum absolute atomic E-state index is 5.45. The molecule has 0 saturated heterocycles. The third-order valence-corrected chi connectivity index (χ3v) is 3.48. The first-order valence-electron chi connectivity index (χ1n) is 6.58. The number of methoxy groups -OCH3 is 1. The van der Waals surface area contributed by atoms with Crippen LogP contribution in [0.1, 0.15) is 28.4 Å². The van der Waals surface area contributed by atoms with Crippen LogP contribution in [0.4, 0.5) is 0 Å². The van der Waals surface area contributed by atoms with Crippen molar-refractivity contribution in [3.8, 4) is 5.75 Å². The molecule has 1 unspecified atom stereocenters. The van der Waals surface area contributed by atoms with Crippen LogP contribution in [0.3, 0.4) is 0 Å². The highest BCUT2D eigenvalue weighted by Gasteiger charge is 2.16. The van der Waals surface area contributed by atoms with Gasteiger partial charge in [-0.3, -0.25) is 4.98 Å². The average Bonchev–Trinajstić information content (AvgIpc) is 2.48. The summed E-state index contributed by atoms with van der Waals surface area (Å²) in [7, 11) is 3.62. The minimum absolute atomic E-state index is 0.134. The first kappa shape index (κ1) is 14.4. The molecular weight excluding hydrogens is 252 g/mol. The van der Waals surface area contributed by atoms with Crippen molar-refractivity contribution in [3.05, 3.63) is 47.3 Å². The van der Waals surface area contributed by atoms with Gasteiger partial charge in [-0.05, 0) is 20.9 Å². The lowest BCUT2D eigenvalue weighted by Gasteiger charge is -2.18. The van der Waals surface area contributed by atoms with Crippen LogP contribution >= 0.6 is 0 Å². The molecule has 0 aliphatic heterocycles. The van der Waals surface area contributed by atoms with Crippen LogP contribution < -0.4 is 10.1 Å². The zero-order chi connectivity index (χ0) is 14.5. The van der Waals surface area contributed by atoms with Crippen molar-refractivity contribution in [2.24, 2.45) is 0 Å². The Balaban J connectivity index is 2.29. The van der Waals surface area contributed by atoms with E-state index in [9.17, 15) is 0 Å². The Morgan fingerprint density at radius 2 is 1.90 bits per heavy atom. The number of ether oxygens (including phenoxy) is 1. The highest BCUT2D eigenvalue weighted by Crippen LogP contribution is 2.26. The molecule has 0 fully saturated rings. The van der Waals surface area contributed by atoms with Crippen molar-refractivity contribution in [1.82, 2.24) is 20.3 Å². The Kier molecular flexibility index (Phi) is 4.63. The molecule has 5 heteroatoms. The van der Waals surface area contributed by atoms with E-state index >= 15 is 0 Å². The fourth-order valence-corrected chi connectivity index (χ4v) is 2.35. The normalized spacial score (nSPS) is 12.2. The van der Waals surface area contributed by atoms with E-state index in [4.69, 9.17) is 4.74 Å². The number of rotatable bonds is 5. The number of likely N-dealkylation sites (N-methyl/N-ethyl adjacent to an activating group) is 1. The number of aryl methyl sites for hydroxylation is 1. The molecule has 0 bridgehead atoms. The second kappa shape index (κ2) is 6.43. The van der Waals surface area contributed by atoms with Gasteiger partial charge in [0.1, 0.15) is 12.1 Å². The summed E-state index contributed by atoms with van der Waals surface area (Å²) >= 11 is 0. The van der Waals surface area contributed by atoms with E-state index in [-0.39, 0.29) is 6.04 Å². The quantitative estimate of drug-likeness (QED) is 0.902. The van der Waals surface area contributed by atoms with Crippen LogP contribution in [0.5, 0.6) is 5.75 Å². The Bertz CT molecular complexity index is 572. The Labute approximate surface area is 119 Å². The number of pyridine rings is 1. The van der Waals surface area contributed by atoms with Gasteiger partial charge in [0.25, 0.3) is 0 Å². The molecule has 5 nitrogen and oxygen atoms in total. The lowest BCUT2D eigenvalue weighted by atomic mass is 10.0. The SMILES string of the molecule is CNC(Cc1ncc(C)c(OC)c1C)c1cncnc1. The second-order valence-corrected chi connectivity index (χ2v) is 4.76. The zero-order valence-electron chi connectivity index (χ0n) is 12.3. The summed E-state index contributed by atoms with van der Waals surface area (Å²) in [6, 6.07) is 0.134. The van der Waals surface area contributed by atoms with Crippen LogP contribution in [-0.4, -0.2) is 29.1 Å². The van der Waals surface area contributed by atoms with E-state index in [1.165, 1.54) is 6.33 Å². The number of nitrogens with zero attached hydrogens (tertiary/aromatic N) is 3. The van der Waals surface area contributed by atoms with Crippen LogP contribution in [0, 0.1) is 13.8 Å². The van der Waals surface area contributed by atoms with Gasteiger partial charge in [-0.25, -0.2) is 9.97 Å². The zero-order valence-corrected chi connectivity index (χ0v) is 12.3. The molecule has 1 atom stereocenters. The van der Waals surface area contributed by atoms with Crippen LogP contribution in [-0.2, 0) is 6.42 Å². The molecule has 106 valence electrons. The summed E-state index contributed by atoms with van der Waals surface area (Å²) in [5, 5.41) is 3.29. The summed E-state index contributed by atoms with van der Waals surface area (Å²) in [4.78, 5) is 12.7. The lowest BCUT2D eigenvalue weighted by molar-refractivity contribution is 0.406. The molecule has 20 heavy (non-hydrogen) atoms. The molecule has 0 aromatic carbocycles. The summed E-state index contributed by atoms with van der Waals surface area (Å²) in [5.74, 6) is 0.911. The molecule has 1 N–H and O–H groups in total. The maximum Gasteiger partial charge on any atom is 0.128 e. The molecular formula is C15H20N4O. The molecule has 2 heterocycles. The van der Waals surface area contributed by atoms with E-state index in [1.54, 1.807) is 7.11 Å².